The molecule has 0 atom stereocenters. The highest BCUT2D eigenvalue weighted by molar-refractivity contribution is 7.99. The number of hydrogen-bond acceptors (Lipinski definition) is 5. The molecular weight excluding hydrogens is 286 g/mol. The Kier molecular flexibility index (Phi) is 5.77. The van der Waals surface area contributed by atoms with Crippen LogP contribution < -0.4 is 11.1 Å². The molecule has 1 heterocycles. The number of hydrogen-bond donors (Lipinski definition) is 2. The molecule has 7 heteroatoms. The van der Waals surface area contributed by atoms with Crippen molar-refractivity contribution >= 4 is 23.4 Å². The maximum Gasteiger partial charge on any atom is 0.225 e. The number of amides is 1. The second-order valence-electron chi connectivity index (χ2n) is 4.36. The SMILES string of the molecule is CCn1c(CN)nnc1SCCC(=O)Nc1ccccc1. The molecule has 1 aromatic heterocycles. The van der Waals surface area contributed by atoms with Crippen LogP contribution in [0.4, 0.5) is 5.69 Å². The molecule has 112 valence electrons. The van der Waals surface area contributed by atoms with Gasteiger partial charge in [-0.3, -0.25) is 4.79 Å². The van der Waals surface area contributed by atoms with Crippen molar-refractivity contribution in [3.8, 4) is 0 Å². The van der Waals surface area contributed by atoms with E-state index < -0.39 is 0 Å². The predicted molar refractivity (Wildman–Crippen MR) is 84.0 cm³/mol. The van der Waals surface area contributed by atoms with Gasteiger partial charge in [0.05, 0.1) is 6.54 Å². The van der Waals surface area contributed by atoms with Gasteiger partial charge in [0, 0.05) is 24.4 Å². The maximum atomic E-state index is 11.8. The average Bonchev–Trinajstić information content (AvgIpc) is 2.90. The van der Waals surface area contributed by atoms with Crippen molar-refractivity contribution in [3.05, 3.63) is 36.2 Å². The van der Waals surface area contributed by atoms with E-state index in [0.717, 1.165) is 23.2 Å². The van der Waals surface area contributed by atoms with Gasteiger partial charge in [-0.2, -0.15) is 0 Å². The highest BCUT2D eigenvalue weighted by atomic mass is 32.2. The Morgan fingerprint density at radius 2 is 2.10 bits per heavy atom. The van der Waals surface area contributed by atoms with E-state index in [0.29, 0.717) is 18.7 Å². The number of benzene rings is 1. The molecular formula is C14H19N5OS. The van der Waals surface area contributed by atoms with E-state index in [9.17, 15) is 4.79 Å². The predicted octanol–water partition coefficient (Wildman–Crippen LogP) is 1.88. The van der Waals surface area contributed by atoms with Gasteiger partial charge in [0.2, 0.25) is 5.91 Å². The molecule has 0 saturated heterocycles. The summed E-state index contributed by atoms with van der Waals surface area (Å²) in [6.07, 6.45) is 0.425. The summed E-state index contributed by atoms with van der Waals surface area (Å²) in [6, 6.07) is 9.43. The minimum atomic E-state index is -0.00434. The van der Waals surface area contributed by atoms with Crippen molar-refractivity contribution in [1.29, 1.82) is 0 Å². The summed E-state index contributed by atoms with van der Waals surface area (Å²) in [5.74, 6) is 1.42. The standard InChI is InChI=1S/C14H19N5OS/c1-2-19-12(10-15)17-18-14(19)21-9-8-13(20)16-11-6-4-3-5-7-11/h3-7H,2,8-10,15H2,1H3,(H,16,20). The highest BCUT2D eigenvalue weighted by Crippen LogP contribution is 2.18. The quantitative estimate of drug-likeness (QED) is 0.763. The number of para-hydroxylation sites is 1. The molecule has 6 nitrogen and oxygen atoms in total. The number of nitrogens with zero attached hydrogens (tertiary/aromatic N) is 3. The summed E-state index contributed by atoms with van der Waals surface area (Å²) in [4.78, 5) is 11.8. The molecule has 0 aliphatic heterocycles. The van der Waals surface area contributed by atoms with Gasteiger partial charge in [-0.25, -0.2) is 0 Å². The van der Waals surface area contributed by atoms with Crippen LogP contribution in [0.3, 0.4) is 0 Å². The summed E-state index contributed by atoms with van der Waals surface area (Å²) in [6.45, 7) is 3.17. The number of anilines is 1. The van der Waals surface area contributed by atoms with Gasteiger partial charge in [0.1, 0.15) is 5.82 Å². The van der Waals surface area contributed by atoms with Crippen molar-refractivity contribution in [2.24, 2.45) is 5.73 Å². The smallest absolute Gasteiger partial charge is 0.225 e. The van der Waals surface area contributed by atoms with Gasteiger partial charge in [0.15, 0.2) is 5.16 Å². The number of thioether (sulfide) groups is 1. The van der Waals surface area contributed by atoms with Crippen LogP contribution in [0.5, 0.6) is 0 Å². The normalized spacial score (nSPS) is 10.6. The van der Waals surface area contributed by atoms with E-state index in [1.54, 1.807) is 0 Å². The lowest BCUT2D eigenvalue weighted by atomic mass is 10.3. The van der Waals surface area contributed by atoms with E-state index >= 15 is 0 Å². The van der Waals surface area contributed by atoms with Gasteiger partial charge < -0.3 is 15.6 Å². The third kappa shape index (κ3) is 4.30. The molecule has 0 spiro atoms. The molecule has 0 aliphatic rings. The summed E-state index contributed by atoms with van der Waals surface area (Å²) < 4.78 is 1.97. The third-order valence-corrected chi connectivity index (χ3v) is 3.88. The zero-order valence-electron chi connectivity index (χ0n) is 12.0. The zero-order chi connectivity index (χ0) is 15.1. The highest BCUT2D eigenvalue weighted by Gasteiger charge is 2.10. The van der Waals surface area contributed by atoms with Crippen LogP contribution in [-0.2, 0) is 17.9 Å². The van der Waals surface area contributed by atoms with Crippen LogP contribution in [0.1, 0.15) is 19.2 Å². The first-order valence-corrected chi connectivity index (χ1v) is 7.83. The van der Waals surface area contributed by atoms with Gasteiger partial charge >= 0.3 is 0 Å². The van der Waals surface area contributed by atoms with Crippen molar-refractivity contribution in [3.63, 3.8) is 0 Å². The number of carbonyl (C=O) groups is 1. The van der Waals surface area contributed by atoms with Gasteiger partial charge in [-0.15, -0.1) is 10.2 Å². The molecule has 0 saturated carbocycles. The second kappa shape index (κ2) is 7.80. The molecule has 0 bridgehead atoms. The first kappa shape index (κ1) is 15.5. The largest absolute Gasteiger partial charge is 0.326 e. The van der Waals surface area contributed by atoms with Crippen molar-refractivity contribution in [1.82, 2.24) is 14.8 Å². The van der Waals surface area contributed by atoms with E-state index in [1.807, 2.05) is 41.8 Å². The lowest BCUT2D eigenvalue weighted by Crippen LogP contribution is -2.12. The van der Waals surface area contributed by atoms with Gasteiger partial charge in [0.25, 0.3) is 0 Å². The van der Waals surface area contributed by atoms with E-state index in [1.165, 1.54) is 11.8 Å². The Labute approximate surface area is 128 Å². The molecule has 1 aromatic carbocycles. The number of rotatable bonds is 7. The van der Waals surface area contributed by atoms with Gasteiger partial charge in [-0.05, 0) is 19.1 Å². The summed E-state index contributed by atoms with van der Waals surface area (Å²) in [5, 5.41) is 11.8. The first-order chi connectivity index (χ1) is 10.2. The summed E-state index contributed by atoms with van der Waals surface area (Å²) in [7, 11) is 0. The van der Waals surface area contributed by atoms with Crippen LogP contribution in [0.2, 0.25) is 0 Å². The second-order valence-corrected chi connectivity index (χ2v) is 5.42. The molecule has 2 rings (SSSR count). The molecule has 1 amide bonds. The number of carbonyl (C=O) groups excluding carboxylic acids is 1. The average molecular weight is 305 g/mol. The topological polar surface area (TPSA) is 85.8 Å². The molecule has 0 aliphatic carbocycles. The number of aromatic nitrogens is 3. The third-order valence-electron chi connectivity index (χ3n) is 2.91. The Balaban J connectivity index is 1.81. The van der Waals surface area contributed by atoms with E-state index in [-0.39, 0.29) is 5.91 Å². The fraction of sp³-hybridized carbons (Fsp3) is 0.357. The van der Waals surface area contributed by atoms with Crippen LogP contribution in [0.25, 0.3) is 0 Å². The van der Waals surface area contributed by atoms with Crippen molar-refractivity contribution in [2.75, 3.05) is 11.1 Å². The van der Waals surface area contributed by atoms with Crippen molar-refractivity contribution in [2.45, 2.75) is 31.6 Å². The lowest BCUT2D eigenvalue weighted by molar-refractivity contribution is -0.115. The Hall–Kier alpha value is -1.86. The molecule has 2 aromatic rings. The maximum absolute atomic E-state index is 11.8. The van der Waals surface area contributed by atoms with Crippen LogP contribution >= 0.6 is 11.8 Å². The molecule has 0 radical (unpaired) electrons. The minimum absolute atomic E-state index is 0.00434. The van der Waals surface area contributed by atoms with E-state index in [2.05, 4.69) is 15.5 Å². The molecule has 3 N–H and O–H groups in total. The summed E-state index contributed by atoms with van der Waals surface area (Å²) in [5.41, 5.74) is 6.42. The number of nitrogens with one attached hydrogen (secondary N) is 1. The van der Waals surface area contributed by atoms with Crippen LogP contribution in [-0.4, -0.2) is 26.4 Å². The molecule has 21 heavy (non-hydrogen) atoms. The summed E-state index contributed by atoms with van der Waals surface area (Å²) >= 11 is 1.52. The zero-order valence-corrected chi connectivity index (χ0v) is 12.8. The number of nitrogens with two attached hydrogens (primary N) is 1. The Bertz CT molecular complexity index is 584. The molecule has 0 fully saturated rings. The first-order valence-electron chi connectivity index (χ1n) is 6.84. The lowest BCUT2D eigenvalue weighted by Gasteiger charge is -2.06. The van der Waals surface area contributed by atoms with E-state index in [4.69, 9.17) is 5.73 Å². The van der Waals surface area contributed by atoms with Crippen LogP contribution in [0.15, 0.2) is 35.5 Å². The van der Waals surface area contributed by atoms with Crippen molar-refractivity contribution < 1.29 is 4.79 Å². The van der Waals surface area contributed by atoms with Gasteiger partial charge in [-0.1, -0.05) is 30.0 Å². The molecule has 0 unspecified atom stereocenters. The Morgan fingerprint density at radius 1 is 1.33 bits per heavy atom. The Morgan fingerprint density at radius 3 is 2.76 bits per heavy atom. The fourth-order valence-corrected chi connectivity index (χ4v) is 2.83. The van der Waals surface area contributed by atoms with Crippen LogP contribution in [0, 0.1) is 0 Å². The monoisotopic (exact) mass is 305 g/mol. The minimum Gasteiger partial charge on any atom is -0.326 e. The fourth-order valence-electron chi connectivity index (χ4n) is 1.87.